The molecule has 1 aromatic heterocycles. The molecule has 0 amide bonds. The van der Waals surface area contributed by atoms with Gasteiger partial charge < -0.3 is 10.0 Å². The number of aromatic nitrogens is 1. The number of rotatable bonds is 2. The largest absolute Gasteiger partial charge is 0.477 e. The fraction of sp³-hybridized carbons (Fsp3) is 0.538. The van der Waals surface area contributed by atoms with Crippen molar-refractivity contribution in [2.45, 2.75) is 19.3 Å². The number of hydrogen-bond acceptors (Lipinski definition) is 3. The van der Waals surface area contributed by atoms with Gasteiger partial charge in [0.15, 0.2) is 0 Å². The van der Waals surface area contributed by atoms with Gasteiger partial charge in [-0.3, -0.25) is 0 Å². The van der Waals surface area contributed by atoms with E-state index >= 15 is 0 Å². The lowest BCUT2D eigenvalue weighted by atomic mass is 10.0. The topological polar surface area (TPSA) is 53.4 Å². The van der Waals surface area contributed by atoms with Crippen LogP contribution in [-0.2, 0) is 0 Å². The highest BCUT2D eigenvalue weighted by Gasteiger charge is 2.36. The lowest BCUT2D eigenvalue weighted by Crippen LogP contribution is -2.21. The van der Waals surface area contributed by atoms with Crippen LogP contribution in [0, 0.1) is 11.8 Å². The molecule has 1 saturated heterocycles. The Morgan fingerprint density at radius 2 is 2.00 bits per heavy atom. The highest BCUT2D eigenvalue weighted by molar-refractivity contribution is 5.85. The van der Waals surface area contributed by atoms with Crippen molar-refractivity contribution in [3.8, 4) is 0 Å². The van der Waals surface area contributed by atoms with Crippen molar-refractivity contribution in [1.29, 1.82) is 0 Å². The summed E-state index contributed by atoms with van der Waals surface area (Å²) in [6.07, 6.45) is 5.76. The first-order valence-electron chi connectivity index (χ1n) is 6.18. The van der Waals surface area contributed by atoms with Crippen molar-refractivity contribution >= 4 is 11.7 Å². The SMILES string of the molecule is O=C(O)c1ccc(N2CC3CCCC3C2)cn1. The van der Waals surface area contributed by atoms with Gasteiger partial charge in [0.05, 0.1) is 11.9 Å². The summed E-state index contributed by atoms with van der Waals surface area (Å²) in [5.41, 5.74) is 1.18. The predicted octanol–water partition coefficient (Wildman–Crippen LogP) is 2.02. The van der Waals surface area contributed by atoms with Gasteiger partial charge in [-0.1, -0.05) is 6.42 Å². The van der Waals surface area contributed by atoms with Gasteiger partial charge in [0, 0.05) is 13.1 Å². The van der Waals surface area contributed by atoms with Gasteiger partial charge in [-0.15, -0.1) is 0 Å². The summed E-state index contributed by atoms with van der Waals surface area (Å²) >= 11 is 0. The third kappa shape index (κ3) is 1.88. The molecule has 1 aliphatic heterocycles. The fourth-order valence-corrected chi connectivity index (χ4v) is 3.15. The van der Waals surface area contributed by atoms with E-state index in [1.807, 2.05) is 6.07 Å². The van der Waals surface area contributed by atoms with Crippen LogP contribution in [0.1, 0.15) is 29.8 Å². The van der Waals surface area contributed by atoms with Gasteiger partial charge in [0.1, 0.15) is 5.69 Å². The molecule has 90 valence electrons. The Balaban J connectivity index is 1.75. The van der Waals surface area contributed by atoms with E-state index in [1.165, 1.54) is 19.3 Å². The molecule has 4 heteroatoms. The minimum Gasteiger partial charge on any atom is -0.477 e. The minimum absolute atomic E-state index is 0.119. The molecule has 2 fully saturated rings. The normalized spacial score (nSPS) is 27.2. The Kier molecular flexibility index (Phi) is 2.50. The molecule has 2 unspecified atom stereocenters. The lowest BCUT2D eigenvalue weighted by molar-refractivity contribution is 0.0690. The van der Waals surface area contributed by atoms with E-state index in [0.29, 0.717) is 0 Å². The van der Waals surface area contributed by atoms with Crippen LogP contribution in [0.5, 0.6) is 0 Å². The van der Waals surface area contributed by atoms with Crippen molar-refractivity contribution in [2.75, 3.05) is 18.0 Å². The zero-order valence-electron chi connectivity index (χ0n) is 9.67. The molecule has 17 heavy (non-hydrogen) atoms. The maximum atomic E-state index is 10.7. The predicted molar refractivity (Wildman–Crippen MR) is 64.2 cm³/mol. The Bertz CT molecular complexity index is 418. The first-order valence-corrected chi connectivity index (χ1v) is 6.18. The average molecular weight is 232 g/mol. The number of pyridine rings is 1. The fourth-order valence-electron chi connectivity index (χ4n) is 3.15. The molecule has 3 rings (SSSR count). The standard InChI is InChI=1S/C13H16N2O2/c16-13(17)12-5-4-11(6-14-12)15-7-9-2-1-3-10(9)8-15/h4-6,9-10H,1-3,7-8H2,(H,16,17). The molecule has 2 heterocycles. The van der Waals surface area contributed by atoms with E-state index in [4.69, 9.17) is 5.11 Å². The summed E-state index contributed by atoms with van der Waals surface area (Å²) in [4.78, 5) is 17.0. The van der Waals surface area contributed by atoms with E-state index in [-0.39, 0.29) is 5.69 Å². The quantitative estimate of drug-likeness (QED) is 0.847. The number of aromatic carboxylic acids is 1. The molecule has 2 aliphatic rings. The second-order valence-corrected chi connectivity index (χ2v) is 5.06. The van der Waals surface area contributed by atoms with Crippen LogP contribution in [0.2, 0.25) is 0 Å². The first kappa shape index (κ1) is 10.6. The summed E-state index contributed by atoms with van der Waals surface area (Å²) in [7, 11) is 0. The molecular formula is C13H16N2O2. The molecule has 1 N–H and O–H groups in total. The number of carboxylic acids is 1. The van der Waals surface area contributed by atoms with Gasteiger partial charge in [0.25, 0.3) is 0 Å². The summed E-state index contributed by atoms with van der Waals surface area (Å²) in [5, 5.41) is 8.80. The summed E-state index contributed by atoms with van der Waals surface area (Å²) < 4.78 is 0. The molecule has 0 bridgehead atoms. The smallest absolute Gasteiger partial charge is 0.354 e. The van der Waals surface area contributed by atoms with Gasteiger partial charge >= 0.3 is 5.97 Å². The molecule has 4 nitrogen and oxygen atoms in total. The van der Waals surface area contributed by atoms with E-state index in [1.54, 1.807) is 12.3 Å². The van der Waals surface area contributed by atoms with E-state index in [2.05, 4.69) is 9.88 Å². The number of anilines is 1. The number of carboxylic acid groups (broad SMARTS) is 1. The number of fused-ring (bicyclic) bond motifs is 1. The van der Waals surface area contributed by atoms with Crippen molar-refractivity contribution in [2.24, 2.45) is 11.8 Å². The Morgan fingerprint density at radius 3 is 2.53 bits per heavy atom. The number of carbonyl (C=O) groups is 1. The molecule has 0 aromatic carbocycles. The van der Waals surface area contributed by atoms with Gasteiger partial charge in [0.2, 0.25) is 0 Å². The third-order valence-corrected chi connectivity index (χ3v) is 4.06. The molecule has 1 aromatic rings. The van der Waals surface area contributed by atoms with E-state index in [0.717, 1.165) is 30.6 Å². The minimum atomic E-state index is -0.963. The van der Waals surface area contributed by atoms with Crippen LogP contribution in [-0.4, -0.2) is 29.1 Å². The number of hydrogen-bond donors (Lipinski definition) is 1. The lowest BCUT2D eigenvalue weighted by Gasteiger charge is -2.19. The Labute approximate surface area is 100 Å². The Hall–Kier alpha value is -1.58. The average Bonchev–Trinajstić information content (AvgIpc) is 2.89. The zero-order valence-corrected chi connectivity index (χ0v) is 9.67. The third-order valence-electron chi connectivity index (χ3n) is 4.06. The van der Waals surface area contributed by atoms with Crippen LogP contribution >= 0.6 is 0 Å². The van der Waals surface area contributed by atoms with Crippen molar-refractivity contribution in [3.05, 3.63) is 24.0 Å². The molecule has 1 aliphatic carbocycles. The number of nitrogens with zero attached hydrogens (tertiary/aromatic N) is 2. The van der Waals surface area contributed by atoms with Crippen molar-refractivity contribution in [3.63, 3.8) is 0 Å². The van der Waals surface area contributed by atoms with Crippen molar-refractivity contribution in [1.82, 2.24) is 4.98 Å². The van der Waals surface area contributed by atoms with Crippen molar-refractivity contribution < 1.29 is 9.90 Å². The Morgan fingerprint density at radius 1 is 1.29 bits per heavy atom. The maximum Gasteiger partial charge on any atom is 0.354 e. The highest BCUT2D eigenvalue weighted by Crippen LogP contribution is 2.39. The highest BCUT2D eigenvalue weighted by atomic mass is 16.4. The van der Waals surface area contributed by atoms with Gasteiger partial charge in [-0.05, 0) is 36.8 Å². The van der Waals surface area contributed by atoms with Crippen LogP contribution in [0.4, 0.5) is 5.69 Å². The summed E-state index contributed by atoms with van der Waals surface area (Å²) in [6.45, 7) is 2.22. The second-order valence-electron chi connectivity index (χ2n) is 5.06. The molecule has 1 saturated carbocycles. The second kappa shape index (κ2) is 4.02. The molecular weight excluding hydrogens is 216 g/mol. The molecule has 2 atom stereocenters. The first-order chi connectivity index (χ1) is 8.24. The maximum absolute atomic E-state index is 10.7. The van der Waals surface area contributed by atoms with E-state index in [9.17, 15) is 4.79 Å². The van der Waals surface area contributed by atoms with E-state index < -0.39 is 5.97 Å². The summed E-state index contributed by atoms with van der Waals surface area (Å²) in [5.74, 6) is 0.721. The van der Waals surface area contributed by atoms with Crippen LogP contribution < -0.4 is 4.90 Å². The van der Waals surface area contributed by atoms with Gasteiger partial charge in [-0.25, -0.2) is 9.78 Å². The summed E-state index contributed by atoms with van der Waals surface area (Å²) in [6, 6.07) is 3.46. The van der Waals surface area contributed by atoms with Crippen LogP contribution in [0.25, 0.3) is 0 Å². The van der Waals surface area contributed by atoms with Gasteiger partial charge in [-0.2, -0.15) is 0 Å². The molecule has 0 radical (unpaired) electrons. The monoisotopic (exact) mass is 232 g/mol. The molecule has 0 spiro atoms. The van der Waals surface area contributed by atoms with Crippen LogP contribution in [0.3, 0.4) is 0 Å². The zero-order chi connectivity index (χ0) is 11.8. The van der Waals surface area contributed by atoms with Crippen LogP contribution in [0.15, 0.2) is 18.3 Å².